The van der Waals surface area contributed by atoms with Gasteiger partial charge in [-0.3, -0.25) is 0 Å². The second-order valence-corrected chi connectivity index (χ2v) is 9.99. The molecular weight excluding hydrogens is 334 g/mol. The smallest absolute Gasteiger partial charge is 0.333 e. The molecule has 0 spiro atoms. The highest BCUT2D eigenvalue weighted by molar-refractivity contribution is 5.88. The second kappa shape index (κ2) is 5.73. The minimum absolute atomic E-state index is 0.0390. The number of fused-ring (bicyclic) bond motifs is 1. The second-order valence-electron chi connectivity index (χ2n) is 9.99. The van der Waals surface area contributed by atoms with Crippen molar-refractivity contribution in [3.8, 4) is 0 Å². The van der Waals surface area contributed by atoms with Gasteiger partial charge in [-0.2, -0.15) is 0 Å². The van der Waals surface area contributed by atoms with Gasteiger partial charge in [0, 0.05) is 17.7 Å². The zero-order valence-corrected chi connectivity index (χ0v) is 17.2. The number of dihydropyridines is 1. The van der Waals surface area contributed by atoms with Crippen LogP contribution < -0.4 is 5.32 Å². The van der Waals surface area contributed by atoms with Crippen LogP contribution in [0.5, 0.6) is 0 Å². The quantitative estimate of drug-likeness (QED) is 0.803. The molecule has 3 heteroatoms. The molecule has 1 aliphatic heterocycles. The maximum Gasteiger partial charge on any atom is 0.333 e. The molecule has 1 aromatic carbocycles. The van der Waals surface area contributed by atoms with Gasteiger partial charge in [0.2, 0.25) is 0 Å². The van der Waals surface area contributed by atoms with E-state index in [9.17, 15) is 9.90 Å². The highest BCUT2D eigenvalue weighted by Crippen LogP contribution is 2.56. The zero-order chi connectivity index (χ0) is 19.6. The Kier molecular flexibility index (Phi) is 3.89. The Morgan fingerprint density at radius 1 is 0.926 bits per heavy atom. The minimum Gasteiger partial charge on any atom is -0.478 e. The van der Waals surface area contributed by atoms with Crippen molar-refractivity contribution in [1.29, 1.82) is 0 Å². The molecule has 1 aromatic rings. The number of nitrogens with one attached hydrogen (secondary N) is 1. The van der Waals surface area contributed by atoms with Crippen LogP contribution in [0, 0.1) is 6.92 Å². The van der Waals surface area contributed by atoms with Crippen LogP contribution in [0.15, 0.2) is 35.6 Å². The number of rotatable bonds is 3. The molecule has 2 N–H and O–H groups in total. The first-order valence-corrected chi connectivity index (χ1v) is 10.1. The third-order valence-electron chi connectivity index (χ3n) is 7.17. The van der Waals surface area contributed by atoms with Crippen LogP contribution in [0.3, 0.4) is 0 Å². The van der Waals surface area contributed by atoms with E-state index in [1.807, 2.05) is 6.08 Å². The topological polar surface area (TPSA) is 49.3 Å². The Morgan fingerprint density at radius 3 is 2.00 bits per heavy atom. The van der Waals surface area contributed by atoms with E-state index in [1.165, 1.54) is 40.8 Å². The van der Waals surface area contributed by atoms with Crippen molar-refractivity contribution in [3.63, 3.8) is 0 Å². The van der Waals surface area contributed by atoms with Gasteiger partial charge >= 0.3 is 5.97 Å². The third-order valence-corrected chi connectivity index (χ3v) is 7.17. The molecule has 0 radical (unpaired) electrons. The molecule has 0 bridgehead atoms. The standard InChI is InChI=1S/C24H31NO2/c1-15-12-18-19(23(4,5)9-8-22(18,2)3)13-17(15)24(10-11-24)20-7-6-16(14-25-20)21(26)27/h6-7,12-13,25H,8-11,14H2,1-5H3,(H,26,27). The Hall–Kier alpha value is -2.03. The molecule has 0 atom stereocenters. The van der Waals surface area contributed by atoms with Crippen molar-refractivity contribution in [2.45, 2.75) is 76.5 Å². The lowest BCUT2D eigenvalue weighted by molar-refractivity contribution is -0.132. The van der Waals surface area contributed by atoms with E-state index < -0.39 is 5.97 Å². The lowest BCUT2D eigenvalue weighted by Crippen LogP contribution is -2.35. The van der Waals surface area contributed by atoms with Crippen molar-refractivity contribution in [3.05, 3.63) is 57.8 Å². The third kappa shape index (κ3) is 2.83. The lowest BCUT2D eigenvalue weighted by Gasteiger charge is -2.43. The summed E-state index contributed by atoms with van der Waals surface area (Å²) in [5.41, 5.74) is 7.89. The molecule has 144 valence electrons. The number of aliphatic carboxylic acids is 1. The summed E-state index contributed by atoms with van der Waals surface area (Å²) in [5.74, 6) is -0.836. The van der Waals surface area contributed by atoms with Crippen LogP contribution in [0.25, 0.3) is 0 Å². The van der Waals surface area contributed by atoms with Gasteiger partial charge in [0.05, 0.1) is 5.57 Å². The molecule has 27 heavy (non-hydrogen) atoms. The number of allylic oxidation sites excluding steroid dienone is 3. The van der Waals surface area contributed by atoms with Crippen molar-refractivity contribution in [2.75, 3.05) is 6.54 Å². The summed E-state index contributed by atoms with van der Waals surface area (Å²) >= 11 is 0. The first-order chi connectivity index (χ1) is 12.6. The predicted molar refractivity (Wildman–Crippen MR) is 109 cm³/mol. The van der Waals surface area contributed by atoms with Gasteiger partial charge < -0.3 is 10.4 Å². The van der Waals surface area contributed by atoms with E-state index in [0.717, 1.165) is 12.8 Å². The summed E-state index contributed by atoms with van der Waals surface area (Å²) in [6, 6.07) is 4.92. The van der Waals surface area contributed by atoms with Crippen molar-refractivity contribution in [1.82, 2.24) is 5.32 Å². The van der Waals surface area contributed by atoms with Gasteiger partial charge in [-0.15, -0.1) is 0 Å². The Morgan fingerprint density at radius 2 is 1.52 bits per heavy atom. The fourth-order valence-corrected chi connectivity index (χ4v) is 5.01. The molecule has 0 amide bonds. The van der Waals surface area contributed by atoms with Crippen LogP contribution in [0.4, 0.5) is 0 Å². The van der Waals surface area contributed by atoms with E-state index in [1.54, 1.807) is 6.08 Å². The van der Waals surface area contributed by atoms with Crippen LogP contribution in [-0.2, 0) is 21.0 Å². The minimum atomic E-state index is -0.836. The predicted octanol–water partition coefficient (Wildman–Crippen LogP) is 4.87. The van der Waals surface area contributed by atoms with Gasteiger partial charge in [-0.05, 0) is 77.8 Å². The van der Waals surface area contributed by atoms with Crippen molar-refractivity contribution >= 4 is 5.97 Å². The van der Waals surface area contributed by atoms with Crippen molar-refractivity contribution < 1.29 is 9.90 Å². The maximum atomic E-state index is 11.2. The van der Waals surface area contributed by atoms with Crippen LogP contribution in [-0.4, -0.2) is 17.6 Å². The van der Waals surface area contributed by atoms with E-state index in [-0.39, 0.29) is 16.2 Å². The number of carboxylic acids is 1. The molecule has 3 nitrogen and oxygen atoms in total. The molecule has 0 unspecified atom stereocenters. The van der Waals surface area contributed by atoms with Crippen LogP contribution in [0.2, 0.25) is 0 Å². The summed E-state index contributed by atoms with van der Waals surface area (Å²) in [5, 5.41) is 12.6. The van der Waals surface area contributed by atoms with Gasteiger partial charge in [0.1, 0.15) is 0 Å². The first kappa shape index (κ1) is 18.3. The number of carbonyl (C=O) groups is 1. The average Bonchev–Trinajstić information content (AvgIpc) is 3.40. The molecule has 3 aliphatic rings. The van der Waals surface area contributed by atoms with E-state index >= 15 is 0 Å². The molecule has 4 rings (SSSR count). The fourth-order valence-electron chi connectivity index (χ4n) is 5.01. The average molecular weight is 366 g/mol. The Labute approximate surface area is 162 Å². The number of hydrogen-bond donors (Lipinski definition) is 2. The van der Waals surface area contributed by atoms with Gasteiger partial charge in [0.15, 0.2) is 0 Å². The van der Waals surface area contributed by atoms with E-state index in [4.69, 9.17) is 0 Å². The number of aryl methyl sites for hydroxylation is 1. The lowest BCUT2D eigenvalue weighted by atomic mass is 9.62. The SMILES string of the molecule is Cc1cc2c(cc1C1(C3=CC=C(C(=O)O)CN3)CC1)C(C)(C)CCC2(C)C. The van der Waals surface area contributed by atoms with Gasteiger partial charge in [-0.25, -0.2) is 4.79 Å². The molecule has 0 saturated heterocycles. The summed E-state index contributed by atoms with van der Waals surface area (Å²) in [6.07, 6.45) is 8.47. The van der Waals surface area contributed by atoms with Gasteiger partial charge in [-0.1, -0.05) is 39.8 Å². The van der Waals surface area contributed by atoms with E-state index in [2.05, 4.69) is 52.1 Å². The Balaban J connectivity index is 1.81. The van der Waals surface area contributed by atoms with Crippen LogP contribution in [0.1, 0.15) is 75.6 Å². The number of hydrogen-bond acceptors (Lipinski definition) is 2. The first-order valence-electron chi connectivity index (χ1n) is 10.1. The highest BCUT2D eigenvalue weighted by atomic mass is 16.4. The molecule has 1 heterocycles. The fraction of sp³-hybridized carbons (Fsp3) is 0.542. The van der Waals surface area contributed by atoms with Crippen molar-refractivity contribution in [2.24, 2.45) is 0 Å². The largest absolute Gasteiger partial charge is 0.478 e. The molecule has 2 aliphatic carbocycles. The monoisotopic (exact) mass is 365 g/mol. The van der Waals surface area contributed by atoms with Crippen LogP contribution >= 0.6 is 0 Å². The number of benzene rings is 1. The summed E-state index contributed by atoms with van der Waals surface area (Å²) < 4.78 is 0. The normalized spacial score (nSPS) is 24.2. The molecule has 1 saturated carbocycles. The molecule has 0 aromatic heterocycles. The summed E-state index contributed by atoms with van der Waals surface area (Å²) in [6.45, 7) is 12.1. The summed E-state index contributed by atoms with van der Waals surface area (Å²) in [4.78, 5) is 11.2. The Bertz CT molecular complexity index is 882. The number of carboxylic acid groups (broad SMARTS) is 1. The molecule has 1 fully saturated rings. The molecular formula is C24H31NO2. The maximum absolute atomic E-state index is 11.2. The van der Waals surface area contributed by atoms with E-state index in [0.29, 0.717) is 12.1 Å². The van der Waals surface area contributed by atoms with Gasteiger partial charge in [0.25, 0.3) is 0 Å². The summed E-state index contributed by atoms with van der Waals surface area (Å²) in [7, 11) is 0. The zero-order valence-electron chi connectivity index (χ0n) is 17.2. The highest BCUT2D eigenvalue weighted by Gasteiger charge is 2.50.